The Morgan fingerprint density at radius 2 is 1.87 bits per heavy atom. The summed E-state index contributed by atoms with van der Waals surface area (Å²) in [6.07, 6.45) is 1.76. The van der Waals surface area contributed by atoms with Gasteiger partial charge in [-0.2, -0.15) is 0 Å². The number of aryl methyl sites for hydroxylation is 1. The standard InChI is InChI=1S/C30H29ClFN5OS/c1-17(2)29(38)34-25-12-11-22(16-24(25)31)37-28(27(35-30(37)39)26-10-5-6-13-33-26)23-14-18(3)36(19(23)4)21-9-7-8-20(32)15-21/h5-17,27-28H,1-4H3,(H,34,38)(H,35,39). The normalized spacial score (nSPS) is 17.0. The van der Waals surface area contributed by atoms with E-state index in [2.05, 4.69) is 21.7 Å². The summed E-state index contributed by atoms with van der Waals surface area (Å²) in [6, 6.07) is 19.5. The van der Waals surface area contributed by atoms with Crippen LogP contribution in [0.5, 0.6) is 0 Å². The SMILES string of the molecule is Cc1cc(C2C(c3ccccn3)NC(=S)N2c2ccc(NC(=O)C(C)C)c(Cl)c2)c(C)n1-c1cccc(F)c1. The Bertz CT molecular complexity index is 1550. The van der Waals surface area contributed by atoms with Crippen molar-refractivity contribution in [1.29, 1.82) is 0 Å². The molecule has 0 aliphatic carbocycles. The molecule has 1 saturated heterocycles. The molecule has 0 bridgehead atoms. The summed E-state index contributed by atoms with van der Waals surface area (Å²) in [5, 5.41) is 7.28. The maximum Gasteiger partial charge on any atom is 0.226 e. The molecule has 4 aromatic rings. The largest absolute Gasteiger partial charge is 0.351 e. The molecular weight excluding hydrogens is 533 g/mol. The number of thiocarbonyl (C=S) groups is 1. The quantitative estimate of drug-likeness (QED) is 0.247. The lowest BCUT2D eigenvalue weighted by Crippen LogP contribution is -2.29. The third-order valence-corrected chi connectivity index (χ3v) is 7.59. The molecule has 2 N–H and O–H groups in total. The van der Waals surface area contributed by atoms with Crippen LogP contribution in [0.3, 0.4) is 0 Å². The lowest BCUT2D eigenvalue weighted by atomic mass is 9.96. The number of carbonyl (C=O) groups is 1. The van der Waals surface area contributed by atoms with Gasteiger partial charge in [0.1, 0.15) is 5.82 Å². The Kier molecular flexibility index (Phi) is 7.42. The molecule has 2 aromatic heterocycles. The first kappa shape index (κ1) is 26.8. The van der Waals surface area contributed by atoms with Gasteiger partial charge < -0.3 is 20.1 Å². The molecule has 1 aliphatic heterocycles. The summed E-state index contributed by atoms with van der Waals surface area (Å²) >= 11 is 12.5. The number of hydrogen-bond acceptors (Lipinski definition) is 3. The highest BCUT2D eigenvalue weighted by atomic mass is 35.5. The van der Waals surface area contributed by atoms with Crippen LogP contribution in [0, 0.1) is 25.6 Å². The number of nitrogens with zero attached hydrogens (tertiary/aromatic N) is 3. The number of benzene rings is 2. The van der Waals surface area contributed by atoms with Crippen LogP contribution in [-0.2, 0) is 4.79 Å². The van der Waals surface area contributed by atoms with E-state index in [9.17, 15) is 9.18 Å². The number of anilines is 2. The van der Waals surface area contributed by atoms with Crippen LogP contribution in [0.25, 0.3) is 5.69 Å². The van der Waals surface area contributed by atoms with Gasteiger partial charge in [0.15, 0.2) is 5.11 Å². The monoisotopic (exact) mass is 561 g/mol. The van der Waals surface area contributed by atoms with Crippen molar-refractivity contribution in [3.05, 3.63) is 106 Å². The first-order chi connectivity index (χ1) is 18.7. The smallest absolute Gasteiger partial charge is 0.226 e. The Labute approximate surface area is 237 Å². The molecular formula is C30H29ClFN5OS. The van der Waals surface area contributed by atoms with Crippen LogP contribution in [0.15, 0.2) is 72.9 Å². The fourth-order valence-electron chi connectivity index (χ4n) is 5.08. The van der Waals surface area contributed by atoms with Gasteiger partial charge in [-0.15, -0.1) is 0 Å². The fourth-order valence-corrected chi connectivity index (χ4v) is 5.65. The Morgan fingerprint density at radius 3 is 2.54 bits per heavy atom. The van der Waals surface area contributed by atoms with Crippen molar-refractivity contribution in [3.63, 3.8) is 0 Å². The van der Waals surface area contributed by atoms with Crippen molar-refractivity contribution < 1.29 is 9.18 Å². The van der Waals surface area contributed by atoms with E-state index in [0.717, 1.165) is 34.0 Å². The highest BCUT2D eigenvalue weighted by Gasteiger charge is 2.42. The van der Waals surface area contributed by atoms with Gasteiger partial charge in [-0.1, -0.05) is 37.6 Å². The summed E-state index contributed by atoms with van der Waals surface area (Å²) < 4.78 is 16.2. The van der Waals surface area contributed by atoms with E-state index in [-0.39, 0.29) is 29.7 Å². The molecule has 1 fully saturated rings. The summed E-state index contributed by atoms with van der Waals surface area (Å²) in [4.78, 5) is 18.9. The van der Waals surface area contributed by atoms with Crippen molar-refractivity contribution in [3.8, 4) is 5.69 Å². The second kappa shape index (κ2) is 10.8. The van der Waals surface area contributed by atoms with E-state index in [1.54, 1.807) is 18.3 Å². The van der Waals surface area contributed by atoms with Crippen LogP contribution in [-0.4, -0.2) is 20.6 Å². The Balaban J connectivity index is 1.62. The molecule has 2 unspecified atom stereocenters. The van der Waals surface area contributed by atoms with Gasteiger partial charge in [-0.25, -0.2) is 4.39 Å². The molecule has 1 aliphatic rings. The van der Waals surface area contributed by atoms with Gasteiger partial charge in [0.25, 0.3) is 0 Å². The molecule has 200 valence electrons. The topological polar surface area (TPSA) is 62.2 Å². The number of rotatable bonds is 6. The van der Waals surface area contributed by atoms with Crippen LogP contribution in [0.1, 0.15) is 48.6 Å². The van der Waals surface area contributed by atoms with Gasteiger partial charge in [0, 0.05) is 34.9 Å². The van der Waals surface area contributed by atoms with Crippen LogP contribution >= 0.6 is 23.8 Å². The lowest BCUT2D eigenvalue weighted by molar-refractivity contribution is -0.118. The molecule has 5 rings (SSSR count). The maximum atomic E-state index is 14.1. The zero-order chi connectivity index (χ0) is 27.8. The van der Waals surface area contributed by atoms with Crippen molar-refractivity contribution in [2.45, 2.75) is 39.8 Å². The van der Waals surface area contributed by atoms with E-state index >= 15 is 0 Å². The highest BCUT2D eigenvalue weighted by Crippen LogP contribution is 2.44. The van der Waals surface area contributed by atoms with E-state index in [0.29, 0.717) is 15.8 Å². The number of amides is 1. The molecule has 3 heterocycles. The summed E-state index contributed by atoms with van der Waals surface area (Å²) in [7, 11) is 0. The molecule has 1 amide bonds. The number of nitrogens with one attached hydrogen (secondary N) is 2. The summed E-state index contributed by atoms with van der Waals surface area (Å²) in [5.74, 6) is -0.577. The number of carbonyl (C=O) groups excluding carboxylic acids is 1. The van der Waals surface area contributed by atoms with Gasteiger partial charge in [0.2, 0.25) is 5.91 Å². The molecule has 9 heteroatoms. The van der Waals surface area contributed by atoms with Gasteiger partial charge in [-0.05, 0) is 86.2 Å². The average molecular weight is 562 g/mol. The second-order valence-electron chi connectivity index (χ2n) is 9.95. The van der Waals surface area contributed by atoms with Gasteiger partial charge >= 0.3 is 0 Å². The minimum absolute atomic E-state index is 0.110. The van der Waals surface area contributed by atoms with Crippen LogP contribution in [0.2, 0.25) is 5.02 Å². The van der Waals surface area contributed by atoms with E-state index in [1.807, 2.05) is 73.6 Å². The fraction of sp³-hybridized carbons (Fsp3) is 0.233. The minimum Gasteiger partial charge on any atom is -0.351 e. The van der Waals surface area contributed by atoms with E-state index in [4.69, 9.17) is 23.8 Å². The molecule has 2 aromatic carbocycles. The van der Waals surface area contributed by atoms with E-state index < -0.39 is 0 Å². The molecule has 2 atom stereocenters. The molecule has 0 radical (unpaired) electrons. The number of pyridine rings is 1. The Morgan fingerprint density at radius 1 is 1.08 bits per heavy atom. The average Bonchev–Trinajstić information content (AvgIpc) is 3.40. The highest BCUT2D eigenvalue weighted by molar-refractivity contribution is 7.80. The third kappa shape index (κ3) is 5.14. The number of aromatic nitrogens is 2. The number of hydrogen-bond donors (Lipinski definition) is 2. The maximum absolute atomic E-state index is 14.1. The molecule has 0 saturated carbocycles. The zero-order valence-corrected chi connectivity index (χ0v) is 23.6. The lowest BCUT2D eigenvalue weighted by Gasteiger charge is -2.28. The van der Waals surface area contributed by atoms with Crippen LogP contribution in [0.4, 0.5) is 15.8 Å². The van der Waals surface area contributed by atoms with Crippen molar-refractivity contribution in [2.75, 3.05) is 10.2 Å². The first-order valence-corrected chi connectivity index (χ1v) is 13.5. The van der Waals surface area contributed by atoms with Gasteiger partial charge in [-0.3, -0.25) is 9.78 Å². The Hall–Kier alpha value is -3.75. The zero-order valence-electron chi connectivity index (χ0n) is 22.1. The summed E-state index contributed by atoms with van der Waals surface area (Å²) in [6.45, 7) is 7.69. The predicted molar refractivity (Wildman–Crippen MR) is 158 cm³/mol. The minimum atomic E-state index is -0.294. The van der Waals surface area contributed by atoms with Gasteiger partial charge in [0.05, 0.1) is 28.5 Å². The third-order valence-electron chi connectivity index (χ3n) is 6.97. The first-order valence-electron chi connectivity index (χ1n) is 12.7. The van der Waals surface area contributed by atoms with Crippen molar-refractivity contribution in [1.82, 2.24) is 14.9 Å². The van der Waals surface area contributed by atoms with Crippen LogP contribution < -0.4 is 15.5 Å². The molecule has 6 nitrogen and oxygen atoms in total. The molecule has 0 spiro atoms. The summed E-state index contributed by atoms with van der Waals surface area (Å²) in [5.41, 5.74) is 5.86. The van der Waals surface area contributed by atoms with Crippen molar-refractivity contribution in [2.24, 2.45) is 5.92 Å². The predicted octanol–water partition coefficient (Wildman–Crippen LogP) is 7.05. The van der Waals surface area contributed by atoms with E-state index in [1.165, 1.54) is 12.1 Å². The van der Waals surface area contributed by atoms with Crippen molar-refractivity contribution >= 4 is 46.2 Å². The second-order valence-corrected chi connectivity index (χ2v) is 10.7. The molecule has 39 heavy (non-hydrogen) atoms. The number of halogens is 2.